The van der Waals surface area contributed by atoms with Crippen LogP contribution >= 0.6 is 0 Å². The summed E-state index contributed by atoms with van der Waals surface area (Å²) in [5, 5.41) is 0. The molecule has 49 heavy (non-hydrogen) atoms. The lowest BCUT2D eigenvalue weighted by Gasteiger charge is -2.50. The normalized spacial score (nSPS) is 14.2. The highest BCUT2D eigenvalue weighted by Gasteiger charge is 2.53. The number of nitrogens with zero attached hydrogens (tertiary/aromatic N) is 1. The largest absolute Gasteiger partial charge is 0.452 e. The number of hydrogen-bond acceptors (Lipinski definition) is 3. The molecular weight excluding hydrogens is 599 g/mol. The van der Waals surface area contributed by atoms with Crippen molar-refractivity contribution in [2.75, 3.05) is 4.90 Å². The van der Waals surface area contributed by atoms with Crippen LogP contribution in [-0.4, -0.2) is 5.78 Å². The highest BCUT2D eigenvalue weighted by Crippen LogP contribution is 2.67. The fourth-order valence-corrected chi connectivity index (χ4v) is 8.67. The SMILES string of the molecule is Cc1ccccc1-c1cccc2c1Oc1c(-c3ccccc3C)ccc3c1N2c1ccccc1C31c2ccccc2C(=O)c2ccccc21. The van der Waals surface area contributed by atoms with Crippen molar-refractivity contribution in [3.63, 3.8) is 0 Å². The Morgan fingerprint density at radius 1 is 0.429 bits per heavy atom. The van der Waals surface area contributed by atoms with Crippen LogP contribution in [-0.2, 0) is 5.41 Å². The number of hydrogen-bond donors (Lipinski definition) is 0. The highest BCUT2D eigenvalue weighted by atomic mass is 16.5. The third-order valence-electron chi connectivity index (χ3n) is 10.8. The Morgan fingerprint density at radius 3 is 1.55 bits per heavy atom. The summed E-state index contributed by atoms with van der Waals surface area (Å²) < 4.78 is 7.34. The van der Waals surface area contributed by atoms with Crippen molar-refractivity contribution >= 4 is 22.8 Å². The van der Waals surface area contributed by atoms with Crippen molar-refractivity contribution in [3.05, 3.63) is 196 Å². The number of benzene rings is 7. The lowest BCUT2D eigenvalue weighted by atomic mass is 9.57. The average molecular weight is 630 g/mol. The zero-order valence-corrected chi connectivity index (χ0v) is 27.2. The standard InChI is InChI=1S/C46H31NO2/c1-28-14-3-5-16-30(28)32-20-13-25-41-44(32)49-45-33(31-17-6-4-15-29(31)2)26-27-39-42(45)47(41)40-24-12-11-23-38(40)46(39)36-21-9-7-18-34(36)43(48)35-19-8-10-22-37(35)46/h3-27H,1-2H3. The summed E-state index contributed by atoms with van der Waals surface area (Å²) in [6.07, 6.45) is 0. The molecule has 1 spiro atoms. The predicted octanol–water partition coefficient (Wildman–Crippen LogP) is 11.5. The lowest BCUT2D eigenvalue weighted by molar-refractivity contribution is 0.103. The van der Waals surface area contributed by atoms with Crippen molar-refractivity contribution in [2.45, 2.75) is 19.3 Å². The molecule has 3 aliphatic rings. The number of carbonyl (C=O) groups is 1. The molecule has 0 saturated carbocycles. The van der Waals surface area contributed by atoms with E-state index < -0.39 is 5.41 Å². The number of rotatable bonds is 2. The molecule has 7 aromatic carbocycles. The first-order chi connectivity index (χ1) is 24.1. The summed E-state index contributed by atoms with van der Waals surface area (Å²) in [5.74, 6) is 1.72. The van der Waals surface area contributed by atoms with E-state index in [0.717, 1.165) is 84.2 Å². The molecule has 0 amide bonds. The van der Waals surface area contributed by atoms with Gasteiger partial charge in [0.05, 0.1) is 22.5 Å². The molecule has 0 radical (unpaired) electrons. The first-order valence-corrected chi connectivity index (χ1v) is 16.8. The molecule has 7 aromatic rings. The molecule has 1 aliphatic carbocycles. The summed E-state index contributed by atoms with van der Waals surface area (Å²) in [4.78, 5) is 16.6. The van der Waals surface area contributed by atoms with Crippen molar-refractivity contribution in [1.82, 2.24) is 0 Å². The fraction of sp³-hybridized carbons (Fsp3) is 0.0652. The van der Waals surface area contributed by atoms with Crippen LogP contribution in [0.3, 0.4) is 0 Å². The van der Waals surface area contributed by atoms with Gasteiger partial charge in [-0.2, -0.15) is 0 Å². The Kier molecular flexibility index (Phi) is 5.78. The van der Waals surface area contributed by atoms with Crippen LogP contribution < -0.4 is 9.64 Å². The summed E-state index contributed by atoms with van der Waals surface area (Å²) in [6.45, 7) is 4.31. The number of ether oxygens (including phenoxy) is 1. The van der Waals surface area contributed by atoms with Crippen LogP contribution in [0.1, 0.15) is 49.3 Å². The van der Waals surface area contributed by atoms with Crippen LogP contribution in [0.5, 0.6) is 11.5 Å². The van der Waals surface area contributed by atoms with E-state index in [0.29, 0.717) is 0 Å². The number of para-hydroxylation sites is 2. The van der Waals surface area contributed by atoms with Crippen molar-refractivity contribution < 1.29 is 9.53 Å². The first kappa shape index (κ1) is 27.9. The maximum absolute atomic E-state index is 14.2. The average Bonchev–Trinajstić information content (AvgIpc) is 3.15. The minimum Gasteiger partial charge on any atom is -0.452 e. The summed E-state index contributed by atoms with van der Waals surface area (Å²) >= 11 is 0. The fourth-order valence-electron chi connectivity index (χ4n) is 8.67. The van der Waals surface area contributed by atoms with Crippen molar-refractivity contribution in [3.8, 4) is 33.8 Å². The summed E-state index contributed by atoms with van der Waals surface area (Å²) in [6, 6.07) is 53.1. The van der Waals surface area contributed by atoms with Gasteiger partial charge in [-0.1, -0.05) is 140 Å². The van der Waals surface area contributed by atoms with E-state index in [1.54, 1.807) is 0 Å². The van der Waals surface area contributed by atoms with Gasteiger partial charge in [-0.3, -0.25) is 4.79 Å². The lowest BCUT2D eigenvalue weighted by Crippen LogP contribution is -2.43. The zero-order valence-electron chi connectivity index (χ0n) is 27.2. The molecule has 0 saturated heterocycles. The van der Waals surface area contributed by atoms with Crippen molar-refractivity contribution in [1.29, 1.82) is 0 Å². The Labute approximate surface area is 285 Å². The third kappa shape index (κ3) is 3.59. The van der Waals surface area contributed by atoms with Gasteiger partial charge in [0, 0.05) is 22.3 Å². The number of ketones is 1. The molecule has 0 unspecified atom stereocenters. The van der Waals surface area contributed by atoms with Gasteiger partial charge in [0.1, 0.15) is 0 Å². The maximum Gasteiger partial charge on any atom is 0.193 e. The number of fused-ring (bicyclic) bond motifs is 10. The first-order valence-electron chi connectivity index (χ1n) is 16.8. The Balaban J connectivity index is 1.38. The van der Waals surface area contributed by atoms with Crippen LogP contribution in [0.2, 0.25) is 0 Å². The summed E-state index contributed by atoms with van der Waals surface area (Å²) in [7, 11) is 0. The molecule has 10 rings (SSSR count). The minimum atomic E-state index is -0.753. The molecule has 232 valence electrons. The van der Waals surface area contributed by atoms with E-state index in [4.69, 9.17) is 4.74 Å². The maximum atomic E-state index is 14.2. The van der Waals surface area contributed by atoms with E-state index in [2.05, 4.69) is 146 Å². The second-order valence-corrected chi connectivity index (χ2v) is 13.2. The number of anilines is 3. The minimum absolute atomic E-state index is 0.0617. The molecule has 0 atom stereocenters. The molecule has 2 heterocycles. The van der Waals surface area contributed by atoms with Crippen LogP contribution in [0, 0.1) is 13.8 Å². The van der Waals surface area contributed by atoms with Crippen LogP contribution in [0.15, 0.2) is 152 Å². The molecule has 3 heteroatoms. The number of aryl methyl sites for hydroxylation is 2. The summed E-state index contributed by atoms with van der Waals surface area (Å²) in [5.41, 5.74) is 14.8. The molecule has 0 aromatic heterocycles. The Morgan fingerprint density at radius 2 is 0.918 bits per heavy atom. The van der Waals surface area contributed by atoms with E-state index in [-0.39, 0.29) is 5.78 Å². The monoisotopic (exact) mass is 629 g/mol. The zero-order chi connectivity index (χ0) is 32.9. The van der Waals surface area contributed by atoms with E-state index in [1.165, 1.54) is 11.1 Å². The van der Waals surface area contributed by atoms with Crippen molar-refractivity contribution in [2.24, 2.45) is 0 Å². The van der Waals surface area contributed by atoms with Gasteiger partial charge in [0.15, 0.2) is 17.3 Å². The molecular formula is C46H31NO2. The van der Waals surface area contributed by atoms with Gasteiger partial charge < -0.3 is 9.64 Å². The van der Waals surface area contributed by atoms with E-state index >= 15 is 0 Å². The predicted molar refractivity (Wildman–Crippen MR) is 197 cm³/mol. The van der Waals surface area contributed by atoms with Gasteiger partial charge in [-0.05, 0) is 70.5 Å². The quantitative estimate of drug-likeness (QED) is 0.191. The topological polar surface area (TPSA) is 29.5 Å². The van der Waals surface area contributed by atoms with E-state index in [1.807, 2.05) is 24.3 Å². The Hall–Kier alpha value is -6.19. The molecule has 0 bridgehead atoms. The van der Waals surface area contributed by atoms with Crippen LogP contribution in [0.25, 0.3) is 22.3 Å². The van der Waals surface area contributed by atoms with Gasteiger partial charge in [-0.15, -0.1) is 0 Å². The van der Waals surface area contributed by atoms with Gasteiger partial charge in [0.2, 0.25) is 0 Å². The van der Waals surface area contributed by atoms with Gasteiger partial charge >= 0.3 is 0 Å². The second-order valence-electron chi connectivity index (χ2n) is 13.2. The molecule has 2 aliphatic heterocycles. The van der Waals surface area contributed by atoms with Gasteiger partial charge in [-0.25, -0.2) is 0 Å². The molecule has 3 nitrogen and oxygen atoms in total. The smallest absolute Gasteiger partial charge is 0.193 e. The number of carbonyl (C=O) groups excluding carboxylic acids is 1. The van der Waals surface area contributed by atoms with Gasteiger partial charge in [0.25, 0.3) is 0 Å². The third-order valence-corrected chi connectivity index (χ3v) is 10.8. The Bertz CT molecular complexity index is 2490. The molecule has 0 fully saturated rings. The van der Waals surface area contributed by atoms with E-state index in [9.17, 15) is 4.79 Å². The second kappa shape index (κ2) is 10.2. The van der Waals surface area contributed by atoms with Crippen LogP contribution in [0.4, 0.5) is 17.1 Å². The molecule has 0 N–H and O–H groups in total. The highest BCUT2D eigenvalue weighted by molar-refractivity contribution is 6.15.